The van der Waals surface area contributed by atoms with Crippen molar-refractivity contribution < 1.29 is 19.2 Å². The maximum atomic E-state index is 11.1. The summed E-state index contributed by atoms with van der Waals surface area (Å²) >= 11 is 0. The lowest BCUT2D eigenvalue weighted by Gasteiger charge is -2.34. The van der Waals surface area contributed by atoms with Crippen LogP contribution in [-0.4, -0.2) is 34.9 Å². The van der Waals surface area contributed by atoms with Crippen LogP contribution < -0.4 is 0 Å². The molecule has 0 spiro atoms. The molecule has 0 atom stereocenters. The first kappa shape index (κ1) is 15.0. The Kier molecular flexibility index (Phi) is 5.11. The summed E-state index contributed by atoms with van der Waals surface area (Å²) in [5, 5.41) is 13.1. The Hall–Kier alpha value is -1.43. The Bertz CT molecular complexity index is 438. The molecule has 1 heterocycles. The van der Waals surface area contributed by atoms with E-state index in [-0.39, 0.29) is 11.8 Å². The number of nitrogens with zero attached hydrogens (tertiary/aromatic N) is 2. The van der Waals surface area contributed by atoms with Gasteiger partial charge in [0.1, 0.15) is 0 Å². The van der Waals surface area contributed by atoms with E-state index in [2.05, 4.69) is 10.1 Å². The monoisotopic (exact) mass is 282 g/mol. The number of aliphatic carboxylic acids is 1. The first-order valence-electron chi connectivity index (χ1n) is 7.16. The van der Waals surface area contributed by atoms with Crippen LogP contribution in [0.4, 0.5) is 0 Å². The molecule has 6 heteroatoms. The molecule has 0 amide bonds. The van der Waals surface area contributed by atoms with Gasteiger partial charge in [0.2, 0.25) is 5.89 Å². The lowest BCUT2D eigenvalue weighted by molar-refractivity contribution is -0.140. The van der Waals surface area contributed by atoms with Crippen molar-refractivity contribution in [3.63, 3.8) is 0 Å². The molecule has 2 rings (SSSR count). The van der Waals surface area contributed by atoms with Crippen LogP contribution in [0.2, 0.25) is 0 Å². The Morgan fingerprint density at radius 3 is 2.80 bits per heavy atom. The van der Waals surface area contributed by atoms with Gasteiger partial charge in [-0.3, -0.25) is 4.79 Å². The minimum absolute atomic E-state index is 0.183. The molecule has 20 heavy (non-hydrogen) atoms. The molecular formula is C14H22N2O4. The SMILES string of the molecule is COCCc1noc(CC2(CC(=O)O)CCCCC2)n1. The van der Waals surface area contributed by atoms with Crippen molar-refractivity contribution in [1.82, 2.24) is 10.1 Å². The highest BCUT2D eigenvalue weighted by molar-refractivity contribution is 5.67. The van der Waals surface area contributed by atoms with Crippen LogP contribution in [-0.2, 0) is 22.4 Å². The molecule has 0 aliphatic heterocycles. The number of hydrogen-bond donors (Lipinski definition) is 1. The molecule has 112 valence electrons. The maximum absolute atomic E-state index is 11.1. The number of carboxylic acid groups (broad SMARTS) is 1. The van der Waals surface area contributed by atoms with Crippen molar-refractivity contribution >= 4 is 5.97 Å². The van der Waals surface area contributed by atoms with E-state index in [1.54, 1.807) is 7.11 Å². The predicted molar refractivity (Wildman–Crippen MR) is 71.4 cm³/mol. The summed E-state index contributed by atoms with van der Waals surface area (Å²) in [7, 11) is 1.63. The van der Waals surface area contributed by atoms with E-state index >= 15 is 0 Å². The first-order valence-corrected chi connectivity index (χ1v) is 7.16. The van der Waals surface area contributed by atoms with Crippen molar-refractivity contribution in [2.24, 2.45) is 5.41 Å². The lowest BCUT2D eigenvalue weighted by Crippen LogP contribution is -2.30. The molecule has 0 aromatic carbocycles. The summed E-state index contributed by atoms with van der Waals surface area (Å²) < 4.78 is 10.2. The summed E-state index contributed by atoms with van der Waals surface area (Å²) in [5.74, 6) is 0.438. The van der Waals surface area contributed by atoms with E-state index < -0.39 is 5.97 Å². The third-order valence-electron chi connectivity index (χ3n) is 4.01. The fourth-order valence-corrected chi connectivity index (χ4v) is 3.02. The molecule has 6 nitrogen and oxygen atoms in total. The smallest absolute Gasteiger partial charge is 0.303 e. The van der Waals surface area contributed by atoms with E-state index in [1.807, 2.05) is 0 Å². The van der Waals surface area contributed by atoms with Gasteiger partial charge in [-0.15, -0.1) is 0 Å². The first-order chi connectivity index (χ1) is 9.63. The van der Waals surface area contributed by atoms with Crippen LogP contribution in [0.25, 0.3) is 0 Å². The molecule has 1 aliphatic rings. The van der Waals surface area contributed by atoms with Gasteiger partial charge in [0.25, 0.3) is 0 Å². The van der Waals surface area contributed by atoms with Crippen LogP contribution in [0.3, 0.4) is 0 Å². The third kappa shape index (κ3) is 4.03. The van der Waals surface area contributed by atoms with Crippen LogP contribution in [0.15, 0.2) is 4.52 Å². The highest BCUT2D eigenvalue weighted by Gasteiger charge is 2.36. The third-order valence-corrected chi connectivity index (χ3v) is 4.01. The van der Waals surface area contributed by atoms with E-state index in [1.165, 1.54) is 6.42 Å². The van der Waals surface area contributed by atoms with E-state index in [0.717, 1.165) is 25.7 Å². The van der Waals surface area contributed by atoms with Crippen molar-refractivity contribution in [2.45, 2.75) is 51.4 Å². The largest absolute Gasteiger partial charge is 0.481 e. The molecular weight excluding hydrogens is 260 g/mol. The minimum atomic E-state index is -0.744. The molecule has 0 radical (unpaired) electrons. The van der Waals surface area contributed by atoms with E-state index in [0.29, 0.717) is 31.2 Å². The molecule has 0 unspecified atom stereocenters. The lowest BCUT2D eigenvalue weighted by atomic mass is 9.69. The van der Waals surface area contributed by atoms with Crippen LogP contribution in [0, 0.1) is 5.41 Å². The molecule has 1 fully saturated rings. The number of hydrogen-bond acceptors (Lipinski definition) is 5. The molecule has 0 bridgehead atoms. The summed E-state index contributed by atoms with van der Waals surface area (Å²) in [5.41, 5.74) is -0.213. The summed E-state index contributed by atoms with van der Waals surface area (Å²) in [6.45, 7) is 0.555. The Labute approximate surface area is 118 Å². The Morgan fingerprint density at radius 2 is 2.15 bits per heavy atom. The highest BCUT2D eigenvalue weighted by atomic mass is 16.5. The normalized spacial score (nSPS) is 18.1. The number of carbonyl (C=O) groups is 1. The average Bonchev–Trinajstić information content (AvgIpc) is 2.83. The number of aromatic nitrogens is 2. The van der Waals surface area contributed by atoms with E-state index in [4.69, 9.17) is 14.4 Å². The van der Waals surface area contributed by atoms with Crippen molar-refractivity contribution in [3.8, 4) is 0 Å². The van der Waals surface area contributed by atoms with Gasteiger partial charge < -0.3 is 14.4 Å². The molecule has 1 aromatic heterocycles. The summed E-state index contributed by atoms with van der Waals surface area (Å²) in [4.78, 5) is 15.5. The number of ether oxygens (including phenoxy) is 1. The second kappa shape index (κ2) is 6.83. The Morgan fingerprint density at radius 1 is 1.40 bits per heavy atom. The van der Waals surface area contributed by atoms with Crippen LogP contribution in [0.1, 0.15) is 50.2 Å². The number of rotatable bonds is 7. The number of carboxylic acids is 1. The quantitative estimate of drug-likeness (QED) is 0.825. The molecule has 0 saturated heterocycles. The standard InChI is InChI=1S/C14H22N2O4/c1-19-8-5-11-15-12(20-16-11)9-14(10-13(17)18)6-3-2-4-7-14/h2-10H2,1H3,(H,17,18). The summed E-state index contributed by atoms with van der Waals surface area (Å²) in [6, 6.07) is 0. The topological polar surface area (TPSA) is 85.5 Å². The highest BCUT2D eigenvalue weighted by Crippen LogP contribution is 2.41. The van der Waals surface area contributed by atoms with Gasteiger partial charge in [-0.1, -0.05) is 24.4 Å². The van der Waals surface area contributed by atoms with Gasteiger partial charge in [0, 0.05) is 20.0 Å². The van der Waals surface area contributed by atoms with Crippen molar-refractivity contribution in [1.29, 1.82) is 0 Å². The van der Waals surface area contributed by atoms with Gasteiger partial charge in [-0.05, 0) is 18.3 Å². The zero-order chi connectivity index (χ0) is 14.4. The second-order valence-corrected chi connectivity index (χ2v) is 5.66. The fourth-order valence-electron chi connectivity index (χ4n) is 3.02. The number of methoxy groups -OCH3 is 1. The minimum Gasteiger partial charge on any atom is -0.481 e. The van der Waals surface area contributed by atoms with Crippen LogP contribution in [0.5, 0.6) is 0 Å². The van der Waals surface area contributed by atoms with Gasteiger partial charge in [-0.2, -0.15) is 4.98 Å². The zero-order valence-electron chi connectivity index (χ0n) is 11.9. The summed E-state index contributed by atoms with van der Waals surface area (Å²) in [6.07, 6.45) is 6.57. The maximum Gasteiger partial charge on any atom is 0.303 e. The predicted octanol–water partition coefficient (Wildman–Crippen LogP) is 2.23. The molecule has 1 aromatic rings. The van der Waals surface area contributed by atoms with Crippen molar-refractivity contribution in [2.75, 3.05) is 13.7 Å². The van der Waals surface area contributed by atoms with E-state index in [9.17, 15) is 4.79 Å². The van der Waals surface area contributed by atoms with Gasteiger partial charge in [0.05, 0.1) is 13.0 Å². The molecule has 1 N–H and O–H groups in total. The van der Waals surface area contributed by atoms with Gasteiger partial charge >= 0.3 is 5.97 Å². The second-order valence-electron chi connectivity index (χ2n) is 5.66. The Balaban J connectivity index is 2.03. The molecule has 1 aliphatic carbocycles. The zero-order valence-corrected chi connectivity index (χ0v) is 11.9. The fraction of sp³-hybridized carbons (Fsp3) is 0.786. The van der Waals surface area contributed by atoms with Gasteiger partial charge in [0.15, 0.2) is 5.82 Å². The molecule has 1 saturated carbocycles. The van der Waals surface area contributed by atoms with Gasteiger partial charge in [-0.25, -0.2) is 0 Å². The average molecular weight is 282 g/mol. The van der Waals surface area contributed by atoms with Crippen molar-refractivity contribution in [3.05, 3.63) is 11.7 Å². The van der Waals surface area contributed by atoms with Crippen LogP contribution >= 0.6 is 0 Å².